The quantitative estimate of drug-likeness (QED) is 0.707. The lowest BCUT2D eigenvalue weighted by atomic mass is 10.0. The van der Waals surface area contributed by atoms with Crippen molar-refractivity contribution in [1.29, 1.82) is 0 Å². The Morgan fingerprint density at radius 3 is 2.38 bits per heavy atom. The van der Waals surface area contributed by atoms with Gasteiger partial charge in [-0.2, -0.15) is 0 Å². The third-order valence-electron chi connectivity index (χ3n) is 2.17. The maximum Gasteiger partial charge on any atom is 0.123 e. The summed E-state index contributed by atoms with van der Waals surface area (Å²) in [6, 6.07) is 3.87. The van der Waals surface area contributed by atoms with Crippen molar-refractivity contribution in [1.82, 2.24) is 0 Å². The van der Waals surface area contributed by atoms with Crippen molar-refractivity contribution in [3.8, 4) is 5.75 Å². The van der Waals surface area contributed by atoms with Gasteiger partial charge in [0.15, 0.2) is 0 Å². The summed E-state index contributed by atoms with van der Waals surface area (Å²) in [4.78, 5) is 0. The van der Waals surface area contributed by atoms with Crippen LogP contribution in [-0.4, -0.2) is 7.11 Å². The van der Waals surface area contributed by atoms with E-state index in [2.05, 4.69) is 0 Å². The molecule has 0 aliphatic carbocycles. The lowest BCUT2D eigenvalue weighted by molar-refractivity contribution is 0.410. The number of alkyl halides is 2. The topological polar surface area (TPSA) is 9.23 Å². The monoisotopic (exact) mass is 218 g/mol. The number of ether oxygens (including phenoxy) is 1. The molecule has 1 aromatic rings. The van der Waals surface area contributed by atoms with Gasteiger partial charge in [-0.15, -0.1) is 23.2 Å². The molecule has 0 radical (unpaired) electrons. The summed E-state index contributed by atoms with van der Waals surface area (Å²) in [7, 11) is 1.64. The van der Waals surface area contributed by atoms with Gasteiger partial charge in [0, 0.05) is 11.4 Å². The number of hydrogen-bond acceptors (Lipinski definition) is 1. The Bertz CT molecular complexity index is 297. The summed E-state index contributed by atoms with van der Waals surface area (Å²) in [6.07, 6.45) is 0. The standard InChI is InChI=1S/C10H12Cl2O/c1-7-8(5-11)3-4-10(13-2)9(7)6-12/h3-4H,5-6H2,1-2H3. The van der Waals surface area contributed by atoms with Gasteiger partial charge >= 0.3 is 0 Å². The van der Waals surface area contributed by atoms with E-state index in [9.17, 15) is 0 Å². The molecule has 0 N–H and O–H groups in total. The third-order valence-corrected chi connectivity index (χ3v) is 2.72. The number of benzene rings is 1. The third kappa shape index (κ3) is 2.09. The second-order valence-corrected chi connectivity index (χ2v) is 3.33. The zero-order valence-corrected chi connectivity index (χ0v) is 9.24. The molecule has 0 aliphatic heterocycles. The van der Waals surface area contributed by atoms with E-state index in [0.717, 1.165) is 22.4 Å². The van der Waals surface area contributed by atoms with Crippen molar-refractivity contribution in [2.24, 2.45) is 0 Å². The lowest BCUT2D eigenvalue weighted by Gasteiger charge is -2.11. The molecular formula is C10H12Cl2O. The van der Waals surface area contributed by atoms with Crippen LogP contribution in [0.5, 0.6) is 5.75 Å². The molecule has 1 rings (SSSR count). The van der Waals surface area contributed by atoms with Gasteiger partial charge in [-0.3, -0.25) is 0 Å². The highest BCUT2D eigenvalue weighted by atomic mass is 35.5. The van der Waals surface area contributed by atoms with Crippen molar-refractivity contribution in [3.63, 3.8) is 0 Å². The fraction of sp³-hybridized carbons (Fsp3) is 0.400. The molecule has 0 atom stereocenters. The molecule has 72 valence electrons. The van der Waals surface area contributed by atoms with Gasteiger partial charge in [-0.1, -0.05) is 6.07 Å². The number of hydrogen-bond donors (Lipinski definition) is 0. The van der Waals surface area contributed by atoms with E-state index in [1.807, 2.05) is 19.1 Å². The summed E-state index contributed by atoms with van der Waals surface area (Å²) in [5.74, 6) is 1.81. The molecule has 0 amide bonds. The smallest absolute Gasteiger partial charge is 0.123 e. The van der Waals surface area contributed by atoms with E-state index in [-0.39, 0.29) is 0 Å². The molecule has 0 spiro atoms. The zero-order chi connectivity index (χ0) is 9.84. The van der Waals surface area contributed by atoms with Gasteiger partial charge in [0.05, 0.1) is 13.0 Å². The SMILES string of the molecule is COc1ccc(CCl)c(C)c1CCl. The van der Waals surface area contributed by atoms with Crippen LogP contribution in [0, 0.1) is 6.92 Å². The largest absolute Gasteiger partial charge is 0.496 e. The van der Waals surface area contributed by atoms with Gasteiger partial charge in [0.2, 0.25) is 0 Å². The molecule has 0 aliphatic rings. The highest BCUT2D eigenvalue weighted by Crippen LogP contribution is 2.27. The van der Waals surface area contributed by atoms with Gasteiger partial charge in [0.25, 0.3) is 0 Å². The summed E-state index contributed by atoms with van der Waals surface area (Å²) < 4.78 is 5.19. The second kappa shape index (κ2) is 4.73. The van der Waals surface area contributed by atoms with Crippen LogP contribution in [-0.2, 0) is 11.8 Å². The van der Waals surface area contributed by atoms with Crippen LogP contribution >= 0.6 is 23.2 Å². The molecule has 0 fully saturated rings. The van der Waals surface area contributed by atoms with Crippen LogP contribution in [0.4, 0.5) is 0 Å². The Hall–Kier alpha value is -0.400. The molecule has 0 heterocycles. The minimum atomic E-state index is 0.458. The molecule has 0 bridgehead atoms. The van der Waals surface area contributed by atoms with Gasteiger partial charge in [-0.05, 0) is 24.1 Å². The van der Waals surface area contributed by atoms with Crippen molar-refractivity contribution >= 4 is 23.2 Å². The maximum atomic E-state index is 5.82. The molecule has 0 saturated carbocycles. The normalized spacial score (nSPS) is 10.2. The maximum absolute atomic E-state index is 5.82. The van der Waals surface area contributed by atoms with Gasteiger partial charge in [-0.25, -0.2) is 0 Å². The first-order valence-corrected chi connectivity index (χ1v) is 5.08. The van der Waals surface area contributed by atoms with E-state index >= 15 is 0 Å². The van der Waals surface area contributed by atoms with Crippen LogP contribution in [0.15, 0.2) is 12.1 Å². The number of rotatable bonds is 3. The van der Waals surface area contributed by atoms with Gasteiger partial charge < -0.3 is 4.74 Å². The average molecular weight is 219 g/mol. The molecule has 0 unspecified atom stereocenters. The molecule has 0 aromatic heterocycles. The highest BCUT2D eigenvalue weighted by Gasteiger charge is 2.08. The van der Waals surface area contributed by atoms with Crippen LogP contribution in [0.25, 0.3) is 0 Å². The molecule has 1 aromatic carbocycles. The van der Waals surface area contributed by atoms with E-state index in [1.54, 1.807) is 7.11 Å². The Labute approximate surface area is 88.6 Å². The van der Waals surface area contributed by atoms with E-state index < -0.39 is 0 Å². The molecular weight excluding hydrogens is 207 g/mol. The Morgan fingerprint density at radius 2 is 1.92 bits per heavy atom. The summed E-state index contributed by atoms with van der Waals surface area (Å²) in [6.45, 7) is 2.01. The predicted octanol–water partition coefficient (Wildman–Crippen LogP) is 3.48. The van der Waals surface area contributed by atoms with Crippen molar-refractivity contribution in [2.75, 3.05) is 7.11 Å². The summed E-state index contributed by atoms with van der Waals surface area (Å²) >= 11 is 11.6. The van der Waals surface area contributed by atoms with Crippen LogP contribution in [0.2, 0.25) is 0 Å². The van der Waals surface area contributed by atoms with Crippen LogP contribution < -0.4 is 4.74 Å². The fourth-order valence-corrected chi connectivity index (χ4v) is 1.90. The number of halogens is 2. The van der Waals surface area contributed by atoms with E-state index in [4.69, 9.17) is 27.9 Å². The first-order chi connectivity index (χ1) is 6.24. The van der Waals surface area contributed by atoms with Crippen molar-refractivity contribution in [2.45, 2.75) is 18.7 Å². The minimum Gasteiger partial charge on any atom is -0.496 e. The van der Waals surface area contributed by atoms with Crippen LogP contribution in [0.3, 0.4) is 0 Å². The lowest BCUT2D eigenvalue weighted by Crippen LogP contribution is -1.96. The molecule has 0 saturated heterocycles. The first-order valence-electron chi connectivity index (χ1n) is 4.01. The Morgan fingerprint density at radius 1 is 1.23 bits per heavy atom. The Balaban J connectivity index is 3.23. The molecule has 13 heavy (non-hydrogen) atoms. The Kier molecular flexibility index (Phi) is 3.89. The predicted molar refractivity (Wildman–Crippen MR) is 56.8 cm³/mol. The first kappa shape index (κ1) is 10.7. The fourth-order valence-electron chi connectivity index (χ4n) is 1.28. The van der Waals surface area contributed by atoms with E-state index in [1.165, 1.54) is 0 Å². The zero-order valence-electron chi connectivity index (χ0n) is 7.73. The summed E-state index contributed by atoms with van der Waals surface area (Å²) in [5.41, 5.74) is 3.27. The molecule has 3 heteroatoms. The van der Waals surface area contributed by atoms with Gasteiger partial charge in [0.1, 0.15) is 5.75 Å². The van der Waals surface area contributed by atoms with E-state index in [0.29, 0.717) is 11.8 Å². The summed E-state index contributed by atoms with van der Waals surface area (Å²) in [5, 5.41) is 0. The molecule has 1 nitrogen and oxygen atoms in total. The second-order valence-electron chi connectivity index (χ2n) is 2.80. The van der Waals surface area contributed by atoms with Crippen molar-refractivity contribution < 1.29 is 4.74 Å². The minimum absolute atomic E-state index is 0.458. The number of methoxy groups -OCH3 is 1. The highest BCUT2D eigenvalue weighted by molar-refractivity contribution is 6.18. The average Bonchev–Trinajstić information content (AvgIpc) is 2.17. The van der Waals surface area contributed by atoms with Crippen LogP contribution in [0.1, 0.15) is 16.7 Å². The van der Waals surface area contributed by atoms with Crippen molar-refractivity contribution in [3.05, 3.63) is 28.8 Å².